The van der Waals surface area contributed by atoms with Crippen molar-refractivity contribution >= 4 is 5.82 Å². The summed E-state index contributed by atoms with van der Waals surface area (Å²) >= 11 is 0. The zero-order chi connectivity index (χ0) is 13.8. The summed E-state index contributed by atoms with van der Waals surface area (Å²) in [6.45, 7) is 0.973. The predicted octanol–water partition coefficient (Wildman–Crippen LogP) is 3.82. The summed E-state index contributed by atoms with van der Waals surface area (Å²) in [6, 6.07) is 4.37. The number of nitriles is 1. The van der Waals surface area contributed by atoms with Gasteiger partial charge in [-0.05, 0) is 56.1 Å². The first-order valence-corrected chi connectivity index (χ1v) is 8.03. The van der Waals surface area contributed by atoms with E-state index in [0.29, 0.717) is 0 Å². The Balaban J connectivity index is 1.72. The molecule has 0 unspecified atom stereocenters. The van der Waals surface area contributed by atoms with Gasteiger partial charge >= 0.3 is 0 Å². The van der Waals surface area contributed by atoms with Crippen LogP contribution in [0.2, 0.25) is 0 Å². The predicted molar refractivity (Wildman–Crippen MR) is 80.7 cm³/mol. The number of pyridine rings is 1. The van der Waals surface area contributed by atoms with E-state index in [1.165, 1.54) is 56.2 Å². The average molecular weight is 269 g/mol. The van der Waals surface area contributed by atoms with E-state index >= 15 is 0 Å². The summed E-state index contributed by atoms with van der Waals surface area (Å²) in [5, 5.41) is 12.8. The van der Waals surface area contributed by atoms with Crippen molar-refractivity contribution in [1.82, 2.24) is 4.98 Å². The average Bonchev–Trinajstić information content (AvgIpc) is 2.53. The topological polar surface area (TPSA) is 48.7 Å². The summed E-state index contributed by atoms with van der Waals surface area (Å²) in [4.78, 5) is 4.73. The van der Waals surface area contributed by atoms with Crippen LogP contribution in [0.25, 0.3) is 0 Å². The van der Waals surface area contributed by atoms with Crippen molar-refractivity contribution in [3.63, 3.8) is 0 Å². The van der Waals surface area contributed by atoms with Gasteiger partial charge in [0.05, 0.1) is 5.56 Å². The first-order valence-electron chi connectivity index (χ1n) is 8.03. The molecule has 0 aliphatic heterocycles. The lowest BCUT2D eigenvalue weighted by Crippen LogP contribution is -2.19. The number of aryl methyl sites for hydroxylation is 2. The Morgan fingerprint density at radius 2 is 1.95 bits per heavy atom. The Morgan fingerprint density at radius 1 is 1.15 bits per heavy atom. The maximum Gasteiger partial charge on any atom is 0.144 e. The molecule has 2 aliphatic carbocycles. The van der Waals surface area contributed by atoms with Crippen LogP contribution >= 0.6 is 0 Å². The van der Waals surface area contributed by atoms with Gasteiger partial charge in [0.1, 0.15) is 11.9 Å². The number of nitrogens with one attached hydrogen (secondary N) is 1. The van der Waals surface area contributed by atoms with Crippen molar-refractivity contribution in [2.24, 2.45) is 5.92 Å². The molecular formula is C17H23N3. The third kappa shape index (κ3) is 2.95. The molecule has 20 heavy (non-hydrogen) atoms. The van der Waals surface area contributed by atoms with Crippen LogP contribution in [0.5, 0.6) is 0 Å². The quantitative estimate of drug-likeness (QED) is 0.907. The molecule has 1 aromatic rings. The molecule has 1 saturated carbocycles. The molecule has 106 valence electrons. The number of nitrogens with zero attached hydrogens (tertiary/aromatic N) is 2. The Hall–Kier alpha value is -1.56. The van der Waals surface area contributed by atoms with E-state index in [1.54, 1.807) is 0 Å². The molecule has 1 aromatic heterocycles. The van der Waals surface area contributed by atoms with Crippen LogP contribution < -0.4 is 5.32 Å². The van der Waals surface area contributed by atoms with Crippen LogP contribution in [-0.2, 0) is 12.8 Å². The largest absolute Gasteiger partial charge is 0.369 e. The number of anilines is 1. The summed E-state index contributed by atoms with van der Waals surface area (Å²) in [5.41, 5.74) is 3.22. The fourth-order valence-corrected chi connectivity index (χ4v) is 3.49. The van der Waals surface area contributed by atoms with Crippen molar-refractivity contribution in [3.05, 3.63) is 22.9 Å². The maximum atomic E-state index is 9.33. The molecule has 3 heteroatoms. The third-order valence-electron chi connectivity index (χ3n) is 4.70. The van der Waals surface area contributed by atoms with Gasteiger partial charge in [0.15, 0.2) is 0 Å². The molecule has 1 fully saturated rings. The van der Waals surface area contributed by atoms with E-state index in [2.05, 4.69) is 17.5 Å². The van der Waals surface area contributed by atoms with Crippen molar-refractivity contribution < 1.29 is 0 Å². The minimum atomic E-state index is 0.724. The third-order valence-corrected chi connectivity index (χ3v) is 4.70. The van der Waals surface area contributed by atoms with E-state index in [-0.39, 0.29) is 0 Å². The lowest BCUT2D eigenvalue weighted by molar-refractivity contribution is 0.373. The highest BCUT2D eigenvalue weighted by atomic mass is 15.0. The lowest BCUT2D eigenvalue weighted by atomic mass is 9.89. The Morgan fingerprint density at radius 3 is 2.75 bits per heavy atom. The molecule has 0 amide bonds. The Bertz CT molecular complexity index is 510. The smallest absolute Gasteiger partial charge is 0.144 e. The SMILES string of the molecule is N#Cc1cc2c(nc1NCC1CCCCC1)CCCC2. The van der Waals surface area contributed by atoms with Gasteiger partial charge in [-0.2, -0.15) is 5.26 Å². The Labute approximate surface area is 121 Å². The second-order valence-corrected chi connectivity index (χ2v) is 6.19. The number of fused-ring (bicyclic) bond motifs is 1. The molecule has 0 radical (unpaired) electrons. The lowest BCUT2D eigenvalue weighted by Gasteiger charge is -2.23. The van der Waals surface area contributed by atoms with Crippen LogP contribution in [0.3, 0.4) is 0 Å². The van der Waals surface area contributed by atoms with Gasteiger partial charge < -0.3 is 5.32 Å². The number of aromatic nitrogens is 1. The summed E-state index contributed by atoms with van der Waals surface area (Å²) in [5.74, 6) is 1.58. The molecular weight excluding hydrogens is 246 g/mol. The highest BCUT2D eigenvalue weighted by Gasteiger charge is 2.17. The molecule has 0 aromatic carbocycles. The minimum absolute atomic E-state index is 0.724. The standard InChI is InChI=1S/C17H23N3/c18-11-15-10-14-8-4-5-9-16(14)20-17(15)19-12-13-6-2-1-3-7-13/h10,13H,1-9,12H2,(H,19,20). The second-order valence-electron chi connectivity index (χ2n) is 6.19. The second kappa shape index (κ2) is 6.26. The Kier molecular flexibility index (Phi) is 4.20. The van der Waals surface area contributed by atoms with Gasteiger partial charge in [0, 0.05) is 12.2 Å². The number of hydrogen-bond donors (Lipinski definition) is 1. The fraction of sp³-hybridized carbons (Fsp3) is 0.647. The summed E-state index contributed by atoms with van der Waals surface area (Å²) < 4.78 is 0. The molecule has 0 spiro atoms. The van der Waals surface area contributed by atoms with E-state index in [1.807, 2.05) is 0 Å². The molecule has 1 heterocycles. The zero-order valence-electron chi connectivity index (χ0n) is 12.1. The van der Waals surface area contributed by atoms with Crippen LogP contribution in [0.4, 0.5) is 5.82 Å². The highest BCUT2D eigenvalue weighted by Crippen LogP contribution is 2.26. The molecule has 0 saturated heterocycles. The van der Waals surface area contributed by atoms with Crippen molar-refractivity contribution in [3.8, 4) is 6.07 Å². The molecule has 0 atom stereocenters. The molecule has 3 rings (SSSR count). The zero-order valence-corrected chi connectivity index (χ0v) is 12.1. The first kappa shape index (κ1) is 13.4. The van der Waals surface area contributed by atoms with Crippen LogP contribution in [0.15, 0.2) is 6.07 Å². The summed E-state index contributed by atoms with van der Waals surface area (Å²) in [6.07, 6.45) is 11.3. The number of hydrogen-bond acceptors (Lipinski definition) is 3. The molecule has 2 aliphatic rings. The fourth-order valence-electron chi connectivity index (χ4n) is 3.49. The van der Waals surface area contributed by atoms with Crippen molar-refractivity contribution in [2.45, 2.75) is 57.8 Å². The molecule has 0 bridgehead atoms. The van der Waals surface area contributed by atoms with Gasteiger partial charge in [0.2, 0.25) is 0 Å². The van der Waals surface area contributed by atoms with Crippen LogP contribution in [0.1, 0.15) is 61.8 Å². The maximum absolute atomic E-state index is 9.33. The summed E-state index contributed by atoms with van der Waals surface area (Å²) in [7, 11) is 0. The van der Waals surface area contributed by atoms with E-state index in [9.17, 15) is 5.26 Å². The minimum Gasteiger partial charge on any atom is -0.369 e. The van der Waals surface area contributed by atoms with Crippen LogP contribution in [-0.4, -0.2) is 11.5 Å². The van der Waals surface area contributed by atoms with Crippen molar-refractivity contribution in [1.29, 1.82) is 5.26 Å². The van der Waals surface area contributed by atoms with Crippen LogP contribution in [0, 0.1) is 17.2 Å². The van der Waals surface area contributed by atoms with Gasteiger partial charge in [-0.3, -0.25) is 0 Å². The van der Waals surface area contributed by atoms with Gasteiger partial charge in [-0.25, -0.2) is 4.98 Å². The first-order chi connectivity index (χ1) is 9.86. The molecule has 3 nitrogen and oxygen atoms in total. The van der Waals surface area contributed by atoms with Gasteiger partial charge in [-0.15, -0.1) is 0 Å². The monoisotopic (exact) mass is 269 g/mol. The van der Waals surface area contributed by atoms with Crippen molar-refractivity contribution in [2.75, 3.05) is 11.9 Å². The van der Waals surface area contributed by atoms with Gasteiger partial charge in [-0.1, -0.05) is 19.3 Å². The highest BCUT2D eigenvalue weighted by molar-refractivity contribution is 5.54. The van der Waals surface area contributed by atoms with E-state index in [0.717, 1.165) is 36.7 Å². The van der Waals surface area contributed by atoms with Gasteiger partial charge in [0.25, 0.3) is 0 Å². The number of rotatable bonds is 3. The van der Waals surface area contributed by atoms with E-state index < -0.39 is 0 Å². The molecule has 1 N–H and O–H groups in total. The normalized spacial score (nSPS) is 19.1. The van der Waals surface area contributed by atoms with E-state index in [4.69, 9.17) is 4.98 Å².